The van der Waals surface area contributed by atoms with Gasteiger partial charge in [0.15, 0.2) is 5.82 Å². The molecule has 0 aromatic carbocycles. The first-order chi connectivity index (χ1) is 14.4. The summed E-state index contributed by atoms with van der Waals surface area (Å²) in [5.74, 6) is 3.17. The summed E-state index contributed by atoms with van der Waals surface area (Å²) in [5, 5.41) is 2.89. The maximum Gasteiger partial charge on any atom is 0.348 e. The highest BCUT2D eigenvalue weighted by Crippen LogP contribution is 2.59. The van der Waals surface area contributed by atoms with E-state index in [0.29, 0.717) is 38.5 Å². The van der Waals surface area contributed by atoms with E-state index >= 15 is 0 Å². The van der Waals surface area contributed by atoms with Crippen LogP contribution in [0.5, 0.6) is 0 Å². The molecule has 6 nitrogen and oxygen atoms in total. The van der Waals surface area contributed by atoms with Crippen molar-refractivity contribution in [2.45, 2.75) is 65.3 Å². The lowest BCUT2D eigenvalue weighted by Crippen LogP contribution is -2.88. The smallest absolute Gasteiger partial charge is 0.348 e. The molecule has 4 saturated carbocycles. The van der Waals surface area contributed by atoms with Crippen molar-refractivity contribution in [1.82, 2.24) is 9.97 Å². The third-order valence-corrected chi connectivity index (χ3v) is 8.95. The fraction of sp³-hybridized carbons (Fsp3) is 0.696. The highest BCUT2D eigenvalue weighted by atomic mass is 32.1. The molecule has 2 heterocycles. The number of carbonyl (C=O) groups excluding carboxylic acids is 1. The molecule has 4 aliphatic carbocycles. The molecule has 0 aliphatic heterocycles. The summed E-state index contributed by atoms with van der Waals surface area (Å²) >= 11 is 1.26. The van der Waals surface area contributed by atoms with Crippen LogP contribution in [0.25, 0.3) is 10.2 Å². The number of nitrogens with two attached hydrogens (primary N) is 1. The van der Waals surface area contributed by atoms with Crippen molar-refractivity contribution in [2.75, 3.05) is 13.2 Å². The average Bonchev–Trinajstić information content (AvgIpc) is 3.02. The van der Waals surface area contributed by atoms with Crippen molar-refractivity contribution in [3.8, 4) is 0 Å². The van der Waals surface area contributed by atoms with E-state index < -0.39 is 0 Å². The fourth-order valence-electron chi connectivity index (χ4n) is 6.85. The lowest BCUT2D eigenvalue weighted by Gasteiger charge is -2.56. The molecule has 30 heavy (non-hydrogen) atoms. The first-order valence-corrected chi connectivity index (χ1v) is 12.2. The van der Waals surface area contributed by atoms with Gasteiger partial charge in [0, 0.05) is 5.41 Å². The van der Waals surface area contributed by atoms with Crippen LogP contribution in [-0.2, 0) is 4.74 Å². The van der Waals surface area contributed by atoms with E-state index in [2.05, 4.69) is 17.2 Å². The molecule has 0 saturated heterocycles. The molecule has 6 rings (SSSR count). The van der Waals surface area contributed by atoms with Gasteiger partial charge in [0.25, 0.3) is 5.56 Å². The second-order valence-electron chi connectivity index (χ2n) is 10.1. The normalized spacial score (nSPS) is 30.7. The first kappa shape index (κ1) is 20.2. The SMILES string of the molecule is CCOC(=O)c1sc2nc([C@H](C)[NH2+]CC34CC5CC(CC(C5)C3)C4)[nH]c(=O)c2c1C. The largest absolute Gasteiger partial charge is 0.462 e. The number of quaternary nitrogens is 1. The highest BCUT2D eigenvalue weighted by molar-refractivity contribution is 7.20. The van der Waals surface area contributed by atoms with E-state index in [1.807, 2.05) is 0 Å². The Morgan fingerprint density at radius 3 is 2.50 bits per heavy atom. The quantitative estimate of drug-likeness (QED) is 0.688. The van der Waals surface area contributed by atoms with Crippen molar-refractivity contribution in [1.29, 1.82) is 0 Å². The van der Waals surface area contributed by atoms with Crippen molar-refractivity contribution in [3.63, 3.8) is 0 Å². The predicted molar refractivity (Wildman–Crippen MR) is 117 cm³/mol. The number of nitrogens with one attached hydrogen (secondary N) is 1. The van der Waals surface area contributed by atoms with E-state index in [1.165, 1.54) is 49.9 Å². The van der Waals surface area contributed by atoms with Crippen LogP contribution in [0.2, 0.25) is 0 Å². The van der Waals surface area contributed by atoms with E-state index in [4.69, 9.17) is 9.72 Å². The summed E-state index contributed by atoms with van der Waals surface area (Å²) in [6.07, 6.45) is 8.54. The number of fused-ring (bicyclic) bond motifs is 1. The minimum absolute atomic E-state index is 0.0866. The Labute approximate surface area is 180 Å². The maximum atomic E-state index is 12.8. The first-order valence-electron chi connectivity index (χ1n) is 11.4. The van der Waals surface area contributed by atoms with E-state index in [-0.39, 0.29) is 17.6 Å². The van der Waals surface area contributed by atoms with Gasteiger partial charge in [0.05, 0.1) is 18.5 Å². The van der Waals surface area contributed by atoms with Crippen LogP contribution in [0.3, 0.4) is 0 Å². The summed E-state index contributed by atoms with van der Waals surface area (Å²) in [5.41, 5.74) is 0.998. The van der Waals surface area contributed by atoms with Gasteiger partial charge in [-0.1, -0.05) is 0 Å². The van der Waals surface area contributed by atoms with Gasteiger partial charge in [-0.3, -0.25) is 4.79 Å². The zero-order valence-corrected chi connectivity index (χ0v) is 18.9. The Bertz CT molecular complexity index is 1000. The highest BCUT2D eigenvalue weighted by Gasteiger charge is 2.51. The van der Waals surface area contributed by atoms with Gasteiger partial charge in [-0.05, 0) is 82.6 Å². The van der Waals surface area contributed by atoms with Gasteiger partial charge >= 0.3 is 5.97 Å². The molecule has 7 heteroatoms. The molecule has 0 amide bonds. The van der Waals surface area contributed by atoms with Crippen molar-refractivity contribution >= 4 is 27.5 Å². The van der Waals surface area contributed by atoms with Gasteiger partial charge in [-0.2, -0.15) is 0 Å². The van der Waals surface area contributed by atoms with Gasteiger partial charge in [0.2, 0.25) is 0 Å². The summed E-state index contributed by atoms with van der Waals surface area (Å²) < 4.78 is 5.14. The average molecular weight is 431 g/mol. The standard InChI is InChI=1S/C23H31N3O3S/c1-4-29-22(28)18-12(2)17-20(27)25-19(26-21(17)30-18)13(3)24-11-23-8-14-5-15(9-23)7-16(6-14)10-23/h13-16,24H,4-11H2,1-3H3,(H,25,26,27)/p+1/t13-,14?,15?,16?,23?/m0/s1. The molecular formula is C23H32N3O3S+. The zero-order chi connectivity index (χ0) is 21.0. The van der Waals surface area contributed by atoms with Crippen LogP contribution >= 0.6 is 11.3 Å². The molecule has 0 spiro atoms. The number of carbonyl (C=O) groups is 1. The van der Waals surface area contributed by atoms with Crippen molar-refractivity contribution < 1.29 is 14.8 Å². The van der Waals surface area contributed by atoms with E-state index in [9.17, 15) is 9.59 Å². The molecule has 1 atom stereocenters. The number of aryl methyl sites for hydroxylation is 1. The summed E-state index contributed by atoms with van der Waals surface area (Å²) in [7, 11) is 0. The predicted octanol–water partition coefficient (Wildman–Crippen LogP) is 3.31. The summed E-state index contributed by atoms with van der Waals surface area (Å²) in [6.45, 7) is 7.14. The molecule has 4 bridgehead atoms. The van der Waals surface area contributed by atoms with Crippen LogP contribution in [0.15, 0.2) is 4.79 Å². The Morgan fingerprint density at radius 2 is 1.90 bits per heavy atom. The Kier molecular flexibility index (Phi) is 5.01. The Hall–Kier alpha value is -1.73. The molecule has 2 aromatic rings. The lowest BCUT2D eigenvalue weighted by molar-refractivity contribution is -0.706. The monoisotopic (exact) mass is 430 g/mol. The van der Waals surface area contributed by atoms with Gasteiger partial charge in [0.1, 0.15) is 15.7 Å². The molecule has 4 fully saturated rings. The third kappa shape index (κ3) is 3.40. The van der Waals surface area contributed by atoms with Crippen LogP contribution < -0.4 is 10.9 Å². The second kappa shape index (κ2) is 7.45. The van der Waals surface area contributed by atoms with Crippen LogP contribution in [0.1, 0.15) is 79.5 Å². The topological polar surface area (TPSA) is 88.7 Å². The van der Waals surface area contributed by atoms with Crippen LogP contribution in [0, 0.1) is 30.1 Å². The number of esters is 1. The number of aromatic nitrogens is 2. The van der Waals surface area contributed by atoms with Crippen LogP contribution in [0.4, 0.5) is 0 Å². The summed E-state index contributed by atoms with van der Waals surface area (Å²) in [4.78, 5) is 33.9. The summed E-state index contributed by atoms with van der Waals surface area (Å²) in [6, 6.07) is 0.0866. The second-order valence-corrected chi connectivity index (χ2v) is 11.1. The number of rotatable bonds is 6. The number of aromatic amines is 1. The lowest BCUT2D eigenvalue weighted by atomic mass is 9.49. The minimum Gasteiger partial charge on any atom is -0.462 e. The fourth-order valence-corrected chi connectivity index (χ4v) is 7.93. The maximum absolute atomic E-state index is 12.8. The molecule has 3 N–H and O–H groups in total. The number of ether oxygens (including phenoxy) is 1. The van der Waals surface area contributed by atoms with Crippen molar-refractivity contribution in [3.05, 3.63) is 26.6 Å². The Morgan fingerprint density at radius 1 is 1.27 bits per heavy atom. The molecule has 4 aliphatic rings. The van der Waals surface area contributed by atoms with Gasteiger partial charge in [-0.25, -0.2) is 9.78 Å². The molecule has 2 aromatic heterocycles. The van der Waals surface area contributed by atoms with Gasteiger partial charge < -0.3 is 15.0 Å². The molecule has 0 radical (unpaired) electrons. The molecule has 0 unspecified atom stereocenters. The number of hydrogen-bond acceptors (Lipinski definition) is 5. The zero-order valence-electron chi connectivity index (χ0n) is 18.1. The number of H-pyrrole nitrogens is 1. The third-order valence-electron chi connectivity index (χ3n) is 7.78. The Balaban J connectivity index is 1.36. The van der Waals surface area contributed by atoms with Crippen molar-refractivity contribution in [2.24, 2.45) is 23.2 Å². The molecule has 162 valence electrons. The van der Waals surface area contributed by atoms with Gasteiger partial charge in [-0.15, -0.1) is 11.3 Å². The van der Waals surface area contributed by atoms with Crippen LogP contribution in [-0.4, -0.2) is 29.1 Å². The van der Waals surface area contributed by atoms with E-state index in [1.54, 1.807) is 13.8 Å². The van der Waals surface area contributed by atoms with E-state index in [0.717, 1.165) is 24.3 Å². The number of thiophene rings is 1. The number of nitrogens with zero attached hydrogens (tertiary/aromatic N) is 1. The molecular weight excluding hydrogens is 398 g/mol. The minimum atomic E-state index is -0.375. The number of hydrogen-bond donors (Lipinski definition) is 2.